The fourth-order valence-corrected chi connectivity index (χ4v) is 8.28. The third kappa shape index (κ3) is 52.9. The van der Waals surface area contributed by atoms with Crippen LogP contribution in [-0.4, -0.2) is 74.9 Å². The van der Waals surface area contributed by atoms with Crippen molar-refractivity contribution in [3.63, 3.8) is 0 Å². The molecule has 67 heavy (non-hydrogen) atoms. The normalized spacial score (nSPS) is 13.8. The Balaban J connectivity index is 3.96. The average Bonchev–Trinajstić information content (AvgIpc) is 3.29. The highest BCUT2D eigenvalue weighted by molar-refractivity contribution is 7.47. The monoisotopic (exact) mass is 963 g/mol. The molecule has 390 valence electrons. The van der Waals surface area contributed by atoms with E-state index >= 15 is 0 Å². The number of allylic oxidation sites excluding steroid dienone is 10. The first kappa shape index (κ1) is 64.7. The van der Waals surface area contributed by atoms with Crippen molar-refractivity contribution in [1.29, 1.82) is 0 Å². The molecule has 0 amide bonds. The predicted molar refractivity (Wildman–Crippen MR) is 284 cm³/mol. The zero-order valence-electron chi connectivity index (χ0n) is 44.1. The summed E-state index contributed by atoms with van der Waals surface area (Å²) in [6, 6.07) is 0. The van der Waals surface area contributed by atoms with Gasteiger partial charge < -0.3 is 18.9 Å². The summed E-state index contributed by atoms with van der Waals surface area (Å²) in [5.74, 6) is -0.805. The summed E-state index contributed by atoms with van der Waals surface area (Å²) in [4.78, 5) is 35.4. The summed E-state index contributed by atoms with van der Waals surface area (Å²) in [5.41, 5.74) is 0. The Labute approximate surface area is 413 Å². The number of phosphoric ester groups is 1. The van der Waals surface area contributed by atoms with Crippen molar-refractivity contribution in [1.82, 2.24) is 0 Å². The molecule has 0 heterocycles. The number of unbranched alkanes of at least 4 members (excludes halogenated alkanes) is 26. The van der Waals surface area contributed by atoms with Crippen LogP contribution in [0.25, 0.3) is 0 Å². The van der Waals surface area contributed by atoms with Gasteiger partial charge in [-0.1, -0.05) is 216 Å². The van der Waals surface area contributed by atoms with Crippen LogP contribution in [-0.2, 0) is 32.7 Å². The number of hydrogen-bond acceptors (Lipinski definition) is 7. The molecule has 1 N–H and O–H groups in total. The quantitative estimate of drug-likeness (QED) is 0.0211. The fraction of sp³-hybridized carbons (Fsp3) is 0.789. The second kappa shape index (κ2) is 48.7. The summed E-state index contributed by atoms with van der Waals surface area (Å²) < 4.78 is 34.4. The molecule has 0 aromatic heterocycles. The Morgan fingerprint density at radius 1 is 0.478 bits per heavy atom. The van der Waals surface area contributed by atoms with E-state index in [1.165, 1.54) is 122 Å². The van der Waals surface area contributed by atoms with Crippen molar-refractivity contribution in [2.24, 2.45) is 0 Å². The third-order valence-electron chi connectivity index (χ3n) is 11.8. The van der Waals surface area contributed by atoms with Crippen LogP contribution >= 0.6 is 7.82 Å². The van der Waals surface area contributed by atoms with E-state index < -0.39 is 26.5 Å². The lowest BCUT2D eigenvalue weighted by Gasteiger charge is -2.24. The molecular weight excluding hydrogens is 858 g/mol. The number of rotatable bonds is 50. The highest BCUT2D eigenvalue weighted by atomic mass is 31.2. The van der Waals surface area contributed by atoms with Crippen LogP contribution in [0.15, 0.2) is 60.8 Å². The maximum absolute atomic E-state index is 12.8. The van der Waals surface area contributed by atoms with Crippen LogP contribution < -0.4 is 0 Å². The Bertz CT molecular complexity index is 1320. The van der Waals surface area contributed by atoms with Gasteiger partial charge in [-0.05, 0) is 70.6 Å². The van der Waals surface area contributed by atoms with E-state index in [1.807, 2.05) is 21.1 Å². The smallest absolute Gasteiger partial charge is 0.462 e. The van der Waals surface area contributed by atoms with Gasteiger partial charge >= 0.3 is 19.8 Å². The van der Waals surface area contributed by atoms with Gasteiger partial charge in [0.25, 0.3) is 0 Å². The summed E-state index contributed by atoms with van der Waals surface area (Å²) >= 11 is 0. The molecule has 9 nitrogen and oxygen atoms in total. The highest BCUT2D eigenvalue weighted by Gasteiger charge is 2.27. The number of phosphoric acid groups is 1. The van der Waals surface area contributed by atoms with Gasteiger partial charge in [0.2, 0.25) is 0 Å². The van der Waals surface area contributed by atoms with E-state index in [0.717, 1.165) is 83.5 Å². The predicted octanol–water partition coefficient (Wildman–Crippen LogP) is 16.8. The molecule has 0 saturated heterocycles. The van der Waals surface area contributed by atoms with Crippen molar-refractivity contribution < 1.29 is 42.1 Å². The van der Waals surface area contributed by atoms with Crippen LogP contribution in [0.4, 0.5) is 0 Å². The lowest BCUT2D eigenvalue weighted by Crippen LogP contribution is -2.37. The molecule has 0 aromatic rings. The third-order valence-corrected chi connectivity index (χ3v) is 12.7. The van der Waals surface area contributed by atoms with Gasteiger partial charge in [0.1, 0.15) is 19.8 Å². The number of likely N-dealkylation sites (N-methyl/N-ethyl adjacent to an activating group) is 1. The zero-order valence-corrected chi connectivity index (χ0v) is 45.0. The molecule has 2 atom stereocenters. The molecule has 0 aliphatic carbocycles. The SMILES string of the molecule is CC/C=C\C/C=C\C/C=C\C/C=C\CCCCCCCCCCCCCCCCCCCCCCC(=O)OC(COC(=O)CCCCCCC/C=C\CCC)COP(=O)(O)OCC[N+](C)(C)C. The largest absolute Gasteiger partial charge is 0.472 e. The standard InChI is InChI=1S/C57H104NO8P/c1-6-8-10-12-14-16-18-19-20-21-22-23-24-25-26-27-28-29-30-31-32-33-34-35-36-37-38-39-40-42-44-46-48-50-57(60)66-55(54-65-67(61,62)64-52-51-58(3,4)5)53-63-56(59)49-47-45-43-41-17-15-13-11-9-7-2/h8,10-11,13-14,16,19-20,22-23,55H,6-7,9,12,15,17-18,21,24-54H2,1-5H3/p+1/b10-8-,13-11-,16-14-,20-19-,23-22-. The second-order valence-corrected chi connectivity index (χ2v) is 21.0. The van der Waals surface area contributed by atoms with Crippen LogP contribution in [0.3, 0.4) is 0 Å². The minimum atomic E-state index is -4.38. The Morgan fingerprint density at radius 3 is 1.28 bits per heavy atom. The van der Waals surface area contributed by atoms with Crippen LogP contribution in [0.5, 0.6) is 0 Å². The second-order valence-electron chi connectivity index (χ2n) is 19.6. The highest BCUT2D eigenvalue weighted by Crippen LogP contribution is 2.43. The van der Waals surface area contributed by atoms with E-state index in [-0.39, 0.29) is 32.0 Å². The fourth-order valence-electron chi connectivity index (χ4n) is 7.54. The van der Waals surface area contributed by atoms with E-state index in [4.69, 9.17) is 18.5 Å². The van der Waals surface area contributed by atoms with Crippen molar-refractivity contribution in [3.8, 4) is 0 Å². The van der Waals surface area contributed by atoms with Crippen molar-refractivity contribution in [2.75, 3.05) is 47.5 Å². The number of carbonyl (C=O) groups is 2. The van der Waals surface area contributed by atoms with Gasteiger partial charge in [0.05, 0.1) is 27.7 Å². The Hall–Kier alpha value is -2.29. The number of carbonyl (C=O) groups excluding carboxylic acids is 2. The molecule has 0 bridgehead atoms. The Kier molecular flexibility index (Phi) is 47.1. The molecule has 0 aliphatic heterocycles. The number of ether oxygens (including phenoxy) is 2. The first-order valence-electron chi connectivity index (χ1n) is 27.5. The number of nitrogens with zero attached hydrogens (tertiary/aromatic N) is 1. The molecule has 2 unspecified atom stereocenters. The average molecular weight is 963 g/mol. The lowest BCUT2D eigenvalue weighted by molar-refractivity contribution is -0.870. The first-order valence-corrected chi connectivity index (χ1v) is 29.0. The van der Waals surface area contributed by atoms with E-state index in [2.05, 4.69) is 74.6 Å². The van der Waals surface area contributed by atoms with Crippen molar-refractivity contribution in [3.05, 3.63) is 60.8 Å². The van der Waals surface area contributed by atoms with Gasteiger partial charge in [-0.15, -0.1) is 0 Å². The molecular formula is C57H105NO8P+. The molecule has 0 rings (SSSR count). The lowest BCUT2D eigenvalue weighted by atomic mass is 10.0. The maximum Gasteiger partial charge on any atom is 0.472 e. The van der Waals surface area contributed by atoms with Gasteiger partial charge in [-0.3, -0.25) is 18.6 Å². The summed E-state index contributed by atoms with van der Waals surface area (Å²) in [6.07, 6.45) is 61.7. The summed E-state index contributed by atoms with van der Waals surface area (Å²) in [7, 11) is 1.48. The van der Waals surface area contributed by atoms with Gasteiger partial charge in [0.15, 0.2) is 6.10 Å². The van der Waals surface area contributed by atoms with Crippen LogP contribution in [0, 0.1) is 0 Å². The number of esters is 2. The topological polar surface area (TPSA) is 108 Å². The summed E-state index contributed by atoms with van der Waals surface area (Å²) in [6.45, 7) is 4.25. The molecule has 0 fully saturated rings. The Morgan fingerprint density at radius 2 is 0.851 bits per heavy atom. The van der Waals surface area contributed by atoms with E-state index in [9.17, 15) is 19.0 Å². The van der Waals surface area contributed by atoms with Gasteiger partial charge in [-0.25, -0.2) is 4.57 Å². The van der Waals surface area contributed by atoms with Gasteiger partial charge in [-0.2, -0.15) is 0 Å². The molecule has 0 saturated carbocycles. The van der Waals surface area contributed by atoms with Crippen LogP contribution in [0.1, 0.15) is 239 Å². The number of quaternary nitrogens is 1. The minimum Gasteiger partial charge on any atom is -0.462 e. The van der Waals surface area contributed by atoms with E-state index in [1.54, 1.807) is 0 Å². The first-order chi connectivity index (χ1) is 32.5. The van der Waals surface area contributed by atoms with Crippen molar-refractivity contribution >= 4 is 19.8 Å². The molecule has 10 heteroatoms. The molecule has 0 aromatic carbocycles. The van der Waals surface area contributed by atoms with Gasteiger partial charge in [0, 0.05) is 12.8 Å². The van der Waals surface area contributed by atoms with Crippen LogP contribution in [0.2, 0.25) is 0 Å². The molecule has 0 spiro atoms. The number of hydrogen-bond donors (Lipinski definition) is 1. The molecule has 0 radical (unpaired) electrons. The minimum absolute atomic E-state index is 0.0306. The summed E-state index contributed by atoms with van der Waals surface area (Å²) in [5, 5.41) is 0. The van der Waals surface area contributed by atoms with E-state index in [0.29, 0.717) is 17.4 Å². The molecule has 0 aliphatic rings. The zero-order chi connectivity index (χ0) is 49.2. The maximum atomic E-state index is 12.8. The van der Waals surface area contributed by atoms with Crippen molar-refractivity contribution in [2.45, 2.75) is 245 Å².